The van der Waals surface area contributed by atoms with Crippen molar-refractivity contribution in [3.8, 4) is 17.6 Å². The number of carbonyl (C=O) groups excluding carboxylic acids is 1. The maximum atomic E-state index is 13.3. The van der Waals surface area contributed by atoms with E-state index in [4.69, 9.17) is 4.74 Å². The van der Waals surface area contributed by atoms with Crippen LogP contribution >= 0.6 is 0 Å². The molecule has 0 atom stereocenters. The molecule has 1 fully saturated rings. The highest BCUT2D eigenvalue weighted by molar-refractivity contribution is 5.89. The number of aromatic nitrogens is 5. The third-order valence-electron chi connectivity index (χ3n) is 5.85. The number of pyridine rings is 3. The standard InChI is InChI=1S/C24H20F3N9O3/c1-35-11-12(24(25,26)27)7-16(21(35)37)32-22-34-20-19(36(22)2)15(9-28)17(10-30-20)39-14-5-6-29-18(8-14)33-23(38)31-13-3-4-13/h5-8,10-11,13H,3-4H2,1-2H3,(H,30,32,34)(H2,29,31,33,38). The Morgan fingerprint density at radius 1 is 1.23 bits per heavy atom. The normalized spacial score (nSPS) is 13.1. The number of ether oxygens (including phenoxy) is 1. The van der Waals surface area contributed by atoms with Crippen LogP contribution in [0, 0.1) is 11.3 Å². The monoisotopic (exact) mass is 539 g/mol. The number of nitrogens with zero attached hydrogens (tertiary/aromatic N) is 6. The van der Waals surface area contributed by atoms with Gasteiger partial charge in [0.25, 0.3) is 5.56 Å². The number of rotatable bonds is 6. The van der Waals surface area contributed by atoms with Gasteiger partial charge in [0.05, 0.1) is 11.8 Å². The number of imidazole rings is 1. The Balaban J connectivity index is 1.45. The van der Waals surface area contributed by atoms with Gasteiger partial charge in [-0.15, -0.1) is 0 Å². The van der Waals surface area contributed by atoms with Crippen molar-refractivity contribution in [2.45, 2.75) is 25.1 Å². The number of aryl methyl sites for hydroxylation is 2. The van der Waals surface area contributed by atoms with E-state index in [0.29, 0.717) is 12.3 Å². The highest BCUT2D eigenvalue weighted by Crippen LogP contribution is 2.33. The SMILES string of the molecule is Cn1cc(C(F)(F)F)cc(Nc2nc3ncc(Oc4ccnc(NC(=O)NC5CC5)c4)c(C#N)c3n2C)c1=O. The van der Waals surface area contributed by atoms with E-state index in [-0.39, 0.29) is 51.7 Å². The van der Waals surface area contributed by atoms with Gasteiger partial charge in [0.2, 0.25) is 5.95 Å². The number of amides is 2. The van der Waals surface area contributed by atoms with Crippen LogP contribution in [0.15, 0.2) is 41.6 Å². The van der Waals surface area contributed by atoms with Crippen LogP contribution in [0.25, 0.3) is 11.2 Å². The number of hydrogen-bond acceptors (Lipinski definition) is 8. The van der Waals surface area contributed by atoms with Gasteiger partial charge in [-0.2, -0.15) is 23.4 Å². The molecule has 0 aromatic carbocycles. The molecular formula is C24H20F3N9O3. The van der Waals surface area contributed by atoms with Gasteiger partial charge in [0.15, 0.2) is 11.4 Å². The Bertz CT molecular complexity index is 1700. The zero-order chi connectivity index (χ0) is 27.9. The summed E-state index contributed by atoms with van der Waals surface area (Å²) in [6.45, 7) is 0. The molecule has 1 saturated carbocycles. The largest absolute Gasteiger partial charge is 0.454 e. The average Bonchev–Trinajstić information content (AvgIpc) is 3.63. The summed E-state index contributed by atoms with van der Waals surface area (Å²) >= 11 is 0. The van der Waals surface area contributed by atoms with Crippen LogP contribution in [-0.4, -0.2) is 36.2 Å². The highest BCUT2D eigenvalue weighted by atomic mass is 19.4. The molecule has 12 nitrogen and oxygen atoms in total. The van der Waals surface area contributed by atoms with E-state index < -0.39 is 23.3 Å². The predicted molar refractivity (Wildman–Crippen MR) is 133 cm³/mol. The minimum atomic E-state index is -4.67. The number of nitriles is 1. The second-order valence-corrected chi connectivity index (χ2v) is 8.81. The highest BCUT2D eigenvalue weighted by Gasteiger charge is 2.32. The number of urea groups is 1. The summed E-state index contributed by atoms with van der Waals surface area (Å²) in [5.41, 5.74) is -1.73. The third kappa shape index (κ3) is 5.30. The first-order chi connectivity index (χ1) is 18.5. The molecule has 0 spiro atoms. The second kappa shape index (κ2) is 9.63. The second-order valence-electron chi connectivity index (χ2n) is 8.81. The zero-order valence-electron chi connectivity index (χ0n) is 20.5. The van der Waals surface area contributed by atoms with Crippen LogP contribution < -0.4 is 26.2 Å². The first kappa shape index (κ1) is 25.5. The summed E-state index contributed by atoms with van der Waals surface area (Å²) in [5, 5.41) is 17.9. The van der Waals surface area contributed by atoms with E-state index in [2.05, 4.69) is 30.9 Å². The van der Waals surface area contributed by atoms with Gasteiger partial charge in [-0.05, 0) is 25.0 Å². The predicted octanol–water partition coefficient (Wildman–Crippen LogP) is 3.77. The molecule has 3 N–H and O–H groups in total. The minimum Gasteiger partial charge on any atom is -0.454 e. The molecule has 0 unspecified atom stereocenters. The number of halogens is 3. The van der Waals surface area contributed by atoms with Crippen molar-refractivity contribution < 1.29 is 22.7 Å². The van der Waals surface area contributed by atoms with E-state index in [1.54, 1.807) is 0 Å². The summed E-state index contributed by atoms with van der Waals surface area (Å²) < 4.78 is 47.9. The zero-order valence-corrected chi connectivity index (χ0v) is 20.5. The summed E-state index contributed by atoms with van der Waals surface area (Å²) in [4.78, 5) is 37.0. The molecule has 4 heterocycles. The molecule has 0 bridgehead atoms. The van der Waals surface area contributed by atoms with Crippen LogP contribution in [-0.2, 0) is 20.3 Å². The summed E-state index contributed by atoms with van der Waals surface area (Å²) in [5.74, 6) is 0.541. The van der Waals surface area contributed by atoms with E-state index in [1.807, 2.05) is 6.07 Å². The average molecular weight is 539 g/mol. The molecule has 5 rings (SSSR count). The van der Waals surface area contributed by atoms with E-state index in [1.165, 1.54) is 43.2 Å². The van der Waals surface area contributed by atoms with E-state index in [0.717, 1.165) is 17.4 Å². The molecule has 4 aromatic heterocycles. The Kier molecular flexibility index (Phi) is 6.30. The Hall–Kier alpha value is -5.13. The Morgan fingerprint density at radius 2 is 2.00 bits per heavy atom. The number of hydrogen-bond donors (Lipinski definition) is 3. The lowest BCUT2D eigenvalue weighted by Gasteiger charge is -2.12. The quantitative estimate of drug-likeness (QED) is 0.335. The Morgan fingerprint density at radius 3 is 2.69 bits per heavy atom. The number of anilines is 3. The maximum absolute atomic E-state index is 13.3. The fourth-order valence-electron chi connectivity index (χ4n) is 3.76. The molecule has 15 heteroatoms. The maximum Gasteiger partial charge on any atom is 0.417 e. The van der Waals surface area contributed by atoms with Crippen molar-refractivity contribution in [3.05, 3.63) is 58.3 Å². The van der Waals surface area contributed by atoms with Gasteiger partial charge in [-0.1, -0.05) is 0 Å². The van der Waals surface area contributed by atoms with Gasteiger partial charge in [-0.3, -0.25) is 10.1 Å². The molecule has 39 heavy (non-hydrogen) atoms. The molecule has 2 amide bonds. The fraction of sp³-hybridized carbons (Fsp3) is 0.250. The van der Waals surface area contributed by atoms with Gasteiger partial charge in [-0.25, -0.2) is 14.8 Å². The van der Waals surface area contributed by atoms with E-state index in [9.17, 15) is 28.0 Å². The van der Waals surface area contributed by atoms with Crippen molar-refractivity contribution in [1.82, 2.24) is 29.4 Å². The van der Waals surface area contributed by atoms with Gasteiger partial charge in [0, 0.05) is 38.6 Å². The lowest BCUT2D eigenvalue weighted by Crippen LogP contribution is -2.30. The number of nitrogens with one attached hydrogen (secondary N) is 3. The van der Waals surface area contributed by atoms with Gasteiger partial charge in [0.1, 0.15) is 34.4 Å². The van der Waals surface area contributed by atoms with Crippen LogP contribution in [0.2, 0.25) is 0 Å². The molecule has 0 radical (unpaired) electrons. The van der Waals surface area contributed by atoms with Gasteiger partial charge >= 0.3 is 12.2 Å². The minimum absolute atomic E-state index is 0.0142. The van der Waals surface area contributed by atoms with Crippen LogP contribution in [0.1, 0.15) is 24.0 Å². The lowest BCUT2D eigenvalue weighted by atomic mass is 10.2. The smallest absolute Gasteiger partial charge is 0.417 e. The molecule has 4 aromatic rings. The molecule has 1 aliphatic carbocycles. The molecular weight excluding hydrogens is 519 g/mol. The van der Waals surface area contributed by atoms with Gasteiger partial charge < -0.3 is 24.5 Å². The topological polar surface area (TPSA) is 152 Å². The third-order valence-corrected chi connectivity index (χ3v) is 5.85. The van der Waals surface area contributed by atoms with Crippen LogP contribution in [0.3, 0.4) is 0 Å². The van der Waals surface area contributed by atoms with Crippen molar-refractivity contribution in [2.24, 2.45) is 14.1 Å². The number of alkyl halides is 3. The van der Waals surface area contributed by atoms with E-state index >= 15 is 0 Å². The fourth-order valence-corrected chi connectivity index (χ4v) is 3.76. The molecule has 1 aliphatic rings. The lowest BCUT2D eigenvalue weighted by molar-refractivity contribution is -0.138. The number of fused-ring (bicyclic) bond motifs is 1. The summed E-state index contributed by atoms with van der Waals surface area (Å²) in [7, 11) is 2.71. The van der Waals surface area contributed by atoms with Crippen LogP contribution in [0.4, 0.5) is 35.4 Å². The summed E-state index contributed by atoms with van der Waals surface area (Å²) in [6.07, 6.45) is 0.576. The molecule has 200 valence electrons. The van der Waals surface area contributed by atoms with Crippen LogP contribution in [0.5, 0.6) is 11.5 Å². The molecule has 0 aliphatic heterocycles. The first-order valence-corrected chi connectivity index (χ1v) is 11.6. The Labute approximate surface area is 218 Å². The number of carbonyl (C=O) groups is 1. The van der Waals surface area contributed by atoms with Crippen molar-refractivity contribution >= 4 is 34.6 Å². The van der Waals surface area contributed by atoms with Crippen molar-refractivity contribution in [2.75, 3.05) is 10.6 Å². The van der Waals surface area contributed by atoms with Crippen molar-refractivity contribution in [3.63, 3.8) is 0 Å². The van der Waals surface area contributed by atoms with Crippen molar-refractivity contribution in [1.29, 1.82) is 5.26 Å². The molecule has 0 saturated heterocycles. The summed E-state index contributed by atoms with van der Waals surface area (Å²) in [6, 6.07) is 5.49. The first-order valence-electron chi connectivity index (χ1n) is 11.6.